The van der Waals surface area contributed by atoms with Gasteiger partial charge in [0.1, 0.15) is 22.7 Å². The van der Waals surface area contributed by atoms with E-state index < -0.39 is 0 Å². The van der Waals surface area contributed by atoms with Crippen LogP contribution >= 0.6 is 0 Å². The zero-order valence-corrected chi connectivity index (χ0v) is 51.3. The van der Waals surface area contributed by atoms with Crippen LogP contribution < -0.4 is 52.8 Å². The van der Waals surface area contributed by atoms with Crippen molar-refractivity contribution in [2.24, 2.45) is 0 Å². The van der Waals surface area contributed by atoms with Crippen LogP contribution in [0.15, 0.2) is 244 Å². The van der Waals surface area contributed by atoms with Gasteiger partial charge in [-0.3, -0.25) is 0 Å². The molecule has 3 aromatic heterocycles. The van der Waals surface area contributed by atoms with E-state index in [0.717, 1.165) is 101 Å². The summed E-state index contributed by atoms with van der Waals surface area (Å²) >= 11 is 0. The van der Waals surface area contributed by atoms with Gasteiger partial charge < -0.3 is 32.9 Å². The number of rotatable bonds is 8. The first-order chi connectivity index (χ1) is 45.0. The number of furan rings is 3. The summed E-state index contributed by atoms with van der Waals surface area (Å²) in [6.45, 7) is 3.87. The quantitative estimate of drug-likeness (QED) is 0.141. The third kappa shape index (κ3) is 8.15. The first-order valence-electron chi connectivity index (χ1n) is 33.2. The molecule has 0 spiro atoms. The molecule has 19 rings (SSSR count). The maximum Gasteiger partial charge on any atom is 0.297 e. The molecule has 7 nitrogen and oxygen atoms in total. The standard InChI is InChI=1S/C82H66B2N4O3/c1-51-25-21-23-39-61(51)75-49-73-81(90-75)83-65-45-63-64-46-66-68(48-78(64)89-77(63)47-67(65)85(57-31-13-5-14-32-57)69-41-55(53-27-9-3-10-28-53)43-71(79(69)83)87(73)59-35-17-7-18-36-59)86(58-33-15-6-16-34-58)70-42-56(54-29-11-4-12-30-54)44-72-80(70)84(66)82-74(88(72)60-37-19-8-20-38-60)50-76(91-82)62-40-24-22-26-52(62)2/h5-8,13-26,31-50,53-54H,3-4,9-12,27-30H2,1-2H3. The molecule has 0 radical (unpaired) electrons. The number of hydrogen-bond donors (Lipinski definition) is 0. The Morgan fingerprint density at radius 3 is 1.00 bits per heavy atom. The van der Waals surface area contributed by atoms with Crippen LogP contribution in [0.4, 0.5) is 68.2 Å². The van der Waals surface area contributed by atoms with Gasteiger partial charge >= 0.3 is 0 Å². The van der Waals surface area contributed by atoms with Crippen molar-refractivity contribution in [3.8, 4) is 22.6 Å². The molecule has 0 amide bonds. The van der Waals surface area contributed by atoms with Crippen LogP contribution in [-0.2, 0) is 0 Å². The van der Waals surface area contributed by atoms with Gasteiger partial charge in [0.2, 0.25) is 0 Å². The van der Waals surface area contributed by atoms with Gasteiger partial charge in [-0.05, 0) is 168 Å². The van der Waals surface area contributed by atoms with Crippen LogP contribution in [0, 0.1) is 13.8 Å². The molecule has 0 atom stereocenters. The van der Waals surface area contributed by atoms with Crippen molar-refractivity contribution in [3.63, 3.8) is 0 Å². The number of aryl methyl sites for hydroxylation is 2. The van der Waals surface area contributed by atoms with Crippen LogP contribution in [0.2, 0.25) is 0 Å². The summed E-state index contributed by atoms with van der Waals surface area (Å²) in [5.41, 5.74) is 29.3. The lowest BCUT2D eigenvalue weighted by Gasteiger charge is -2.43. The highest BCUT2D eigenvalue weighted by Gasteiger charge is 2.50. The van der Waals surface area contributed by atoms with E-state index in [0.29, 0.717) is 11.8 Å². The Labute approximate surface area is 532 Å². The smallest absolute Gasteiger partial charge is 0.297 e. The SMILES string of the molecule is Cc1ccccc1-c1cc2c(o1)B1c3cc4c(cc3N(c3ccccc3)c3cc(C5CCCCC5)cc(c31)N2c1ccccc1)oc1cc2c(cc14)B1c3oc(-c4ccccc4C)cc3N(c3ccccc3)c3cc(C4CCCCC4)cc(c31)N2c1ccccc1. The Morgan fingerprint density at radius 2 is 0.648 bits per heavy atom. The van der Waals surface area contributed by atoms with Crippen molar-refractivity contribution in [1.29, 1.82) is 0 Å². The van der Waals surface area contributed by atoms with Gasteiger partial charge in [-0.2, -0.15) is 0 Å². The molecule has 4 aliphatic heterocycles. The van der Waals surface area contributed by atoms with Gasteiger partial charge in [0.25, 0.3) is 13.4 Å². The van der Waals surface area contributed by atoms with Gasteiger partial charge in [-0.15, -0.1) is 0 Å². The molecule has 0 bridgehead atoms. The Bertz CT molecular complexity index is 4730. The van der Waals surface area contributed by atoms with E-state index >= 15 is 0 Å². The topological polar surface area (TPSA) is 52.4 Å². The fourth-order valence-corrected chi connectivity index (χ4v) is 17.0. The number of para-hydroxylation sites is 4. The molecule has 13 aromatic rings. The van der Waals surface area contributed by atoms with Crippen molar-refractivity contribution >= 4 is 137 Å². The second-order valence-corrected chi connectivity index (χ2v) is 26.4. The second kappa shape index (κ2) is 20.7. The van der Waals surface area contributed by atoms with Crippen LogP contribution in [0.1, 0.15) is 98.3 Å². The first kappa shape index (κ1) is 52.8. The molecule has 2 aliphatic carbocycles. The fourth-order valence-electron chi connectivity index (χ4n) is 17.0. The molecule has 0 saturated heterocycles. The average Bonchev–Trinajstić information content (AvgIpc) is 1.69. The van der Waals surface area contributed by atoms with E-state index in [1.807, 2.05) is 0 Å². The number of nitrogens with zero attached hydrogens (tertiary/aromatic N) is 4. The van der Waals surface area contributed by atoms with E-state index in [-0.39, 0.29) is 13.4 Å². The summed E-state index contributed by atoms with van der Waals surface area (Å²) in [7, 11) is 0. The largest absolute Gasteiger partial charge is 0.468 e. The molecule has 7 heterocycles. The number of fused-ring (bicyclic) bond motifs is 11. The van der Waals surface area contributed by atoms with Gasteiger partial charge in [0.05, 0.1) is 22.7 Å². The monoisotopic (exact) mass is 1180 g/mol. The molecule has 10 aromatic carbocycles. The third-order valence-electron chi connectivity index (χ3n) is 21.2. The minimum Gasteiger partial charge on any atom is -0.468 e. The third-order valence-corrected chi connectivity index (χ3v) is 21.2. The summed E-state index contributed by atoms with van der Waals surface area (Å²) in [5, 5.41) is 2.14. The second-order valence-electron chi connectivity index (χ2n) is 26.4. The number of hydrogen-bond acceptors (Lipinski definition) is 7. The van der Waals surface area contributed by atoms with Crippen LogP contribution in [0.3, 0.4) is 0 Å². The zero-order valence-electron chi connectivity index (χ0n) is 51.3. The minimum atomic E-state index is -0.255. The van der Waals surface area contributed by atoms with Crippen molar-refractivity contribution in [2.75, 3.05) is 19.6 Å². The lowest BCUT2D eigenvalue weighted by atomic mass is 9.35. The highest BCUT2D eigenvalue weighted by Crippen LogP contribution is 2.52. The molecule has 438 valence electrons. The highest BCUT2D eigenvalue weighted by atomic mass is 16.3. The average molecular weight is 1180 g/mol. The Morgan fingerprint density at radius 1 is 0.319 bits per heavy atom. The molecule has 6 aliphatic rings. The van der Waals surface area contributed by atoms with E-state index in [9.17, 15) is 0 Å². The highest BCUT2D eigenvalue weighted by molar-refractivity contribution is 7.00. The van der Waals surface area contributed by atoms with Crippen LogP contribution in [0.5, 0.6) is 0 Å². The van der Waals surface area contributed by atoms with E-state index in [1.54, 1.807) is 0 Å². The normalized spacial score (nSPS) is 15.8. The molecule has 2 saturated carbocycles. The molecule has 9 heteroatoms. The van der Waals surface area contributed by atoms with Crippen molar-refractivity contribution < 1.29 is 13.3 Å². The summed E-state index contributed by atoms with van der Waals surface area (Å²) in [5.74, 6) is 2.65. The van der Waals surface area contributed by atoms with Gasteiger partial charge in [-0.25, -0.2) is 0 Å². The Kier molecular flexibility index (Phi) is 12.0. The van der Waals surface area contributed by atoms with Gasteiger partial charge in [0.15, 0.2) is 0 Å². The molecular weight excluding hydrogens is 1110 g/mol. The van der Waals surface area contributed by atoms with E-state index in [2.05, 4.69) is 264 Å². The lowest BCUT2D eigenvalue weighted by molar-refractivity contribution is 0.444. The summed E-state index contributed by atoms with van der Waals surface area (Å²) < 4.78 is 22.6. The van der Waals surface area contributed by atoms with E-state index in [1.165, 1.54) is 131 Å². The van der Waals surface area contributed by atoms with Gasteiger partial charge in [0, 0.05) is 103 Å². The predicted molar refractivity (Wildman–Crippen MR) is 378 cm³/mol. The number of anilines is 12. The molecular formula is C82H66B2N4O3. The summed E-state index contributed by atoms with van der Waals surface area (Å²) in [6, 6.07) is 85.8. The van der Waals surface area contributed by atoms with Gasteiger partial charge in [-0.1, -0.05) is 172 Å². The minimum absolute atomic E-state index is 0.255. The lowest BCUT2D eigenvalue weighted by Crippen LogP contribution is -2.61. The molecule has 0 N–H and O–H groups in total. The Hall–Kier alpha value is -10.1. The maximum atomic E-state index is 7.57. The molecule has 91 heavy (non-hydrogen) atoms. The van der Waals surface area contributed by atoms with Crippen molar-refractivity contribution in [3.05, 3.63) is 253 Å². The van der Waals surface area contributed by atoms with Crippen LogP contribution in [-0.4, -0.2) is 13.4 Å². The summed E-state index contributed by atoms with van der Waals surface area (Å²) in [4.78, 5) is 10.1. The predicted octanol–water partition coefficient (Wildman–Crippen LogP) is 19.0. The maximum absolute atomic E-state index is 7.57. The summed E-state index contributed by atoms with van der Waals surface area (Å²) in [6.07, 6.45) is 12.3. The molecule has 2 fully saturated rings. The fraction of sp³-hybridized carbons (Fsp3) is 0.171. The first-order valence-corrected chi connectivity index (χ1v) is 33.2. The molecule has 0 unspecified atom stereocenters. The van der Waals surface area contributed by atoms with Crippen LogP contribution in [0.25, 0.3) is 44.6 Å². The number of benzene rings is 10. The Balaban J connectivity index is 0.894. The van der Waals surface area contributed by atoms with Crippen molar-refractivity contribution in [1.82, 2.24) is 0 Å². The van der Waals surface area contributed by atoms with E-state index in [4.69, 9.17) is 13.3 Å². The zero-order chi connectivity index (χ0) is 60.0. The van der Waals surface area contributed by atoms with Crippen molar-refractivity contribution in [2.45, 2.75) is 89.9 Å².